The van der Waals surface area contributed by atoms with E-state index in [-0.39, 0.29) is 28.8 Å². The van der Waals surface area contributed by atoms with Crippen LogP contribution >= 0.6 is 0 Å². The van der Waals surface area contributed by atoms with Gasteiger partial charge in [-0.15, -0.1) is 0 Å². The van der Waals surface area contributed by atoms with Crippen LogP contribution in [-0.4, -0.2) is 60.9 Å². The monoisotopic (exact) mass is 453 g/mol. The molecule has 1 aliphatic carbocycles. The van der Waals surface area contributed by atoms with E-state index in [1.807, 2.05) is 12.1 Å². The van der Waals surface area contributed by atoms with Crippen LogP contribution in [0.3, 0.4) is 0 Å². The first-order valence-corrected chi connectivity index (χ1v) is 12.6. The first kappa shape index (κ1) is 22.7. The van der Waals surface area contributed by atoms with Crippen LogP contribution in [-0.2, 0) is 4.74 Å². The Morgan fingerprint density at radius 1 is 1.12 bits per heavy atom. The summed E-state index contributed by atoms with van der Waals surface area (Å²) >= 11 is 0. The van der Waals surface area contributed by atoms with E-state index in [0.717, 1.165) is 73.6 Å². The summed E-state index contributed by atoms with van der Waals surface area (Å²) in [5, 5.41) is 4.50. The lowest BCUT2D eigenvalue weighted by atomic mass is 9.61. The Balaban J connectivity index is 1.51. The molecule has 5 rings (SSSR count). The Bertz CT molecular complexity index is 1030. The summed E-state index contributed by atoms with van der Waals surface area (Å²) in [5.41, 5.74) is 3.06. The molecular formula is C27H39N3O3. The molecule has 0 spiro atoms. The molecular weight excluding hydrogens is 414 g/mol. The standard InChI is InChI=1S/C27H39N3O3/c1-18-22(24(31)28-25-26(2,3)10-7-11-27(25,4)5)20-8-6-9-21-23(20)30(18)19(17-33-21)16-29-12-14-32-15-13-29/h6,8-9,19,25H,7,10-17H2,1-5H3,(H,28,31)/t19-/m1/s1. The first-order chi connectivity index (χ1) is 15.7. The van der Waals surface area contributed by atoms with Gasteiger partial charge in [0.25, 0.3) is 5.91 Å². The molecule has 2 aromatic rings. The molecule has 0 bridgehead atoms. The Morgan fingerprint density at radius 3 is 2.52 bits per heavy atom. The Hall–Kier alpha value is -2.05. The molecule has 180 valence electrons. The van der Waals surface area contributed by atoms with Crippen molar-refractivity contribution >= 4 is 16.8 Å². The van der Waals surface area contributed by atoms with Gasteiger partial charge in [0.2, 0.25) is 0 Å². The third-order valence-electron chi connectivity index (χ3n) is 8.31. The lowest BCUT2D eigenvalue weighted by Gasteiger charge is -2.49. The number of amides is 1. The van der Waals surface area contributed by atoms with Crippen molar-refractivity contribution in [1.82, 2.24) is 14.8 Å². The van der Waals surface area contributed by atoms with E-state index in [4.69, 9.17) is 9.47 Å². The van der Waals surface area contributed by atoms with E-state index in [2.05, 4.69) is 55.5 Å². The van der Waals surface area contributed by atoms with Crippen molar-refractivity contribution in [1.29, 1.82) is 0 Å². The molecule has 2 fully saturated rings. The topological polar surface area (TPSA) is 55.7 Å². The van der Waals surface area contributed by atoms with Crippen molar-refractivity contribution in [3.8, 4) is 5.75 Å². The first-order valence-electron chi connectivity index (χ1n) is 12.6. The van der Waals surface area contributed by atoms with E-state index >= 15 is 0 Å². The molecule has 1 saturated heterocycles. The summed E-state index contributed by atoms with van der Waals surface area (Å²) in [5.74, 6) is 0.930. The number of hydrogen-bond acceptors (Lipinski definition) is 4. The van der Waals surface area contributed by atoms with E-state index in [0.29, 0.717) is 6.61 Å². The summed E-state index contributed by atoms with van der Waals surface area (Å²) in [4.78, 5) is 16.3. The van der Waals surface area contributed by atoms with Crippen LogP contribution in [0.2, 0.25) is 0 Å². The summed E-state index contributed by atoms with van der Waals surface area (Å²) in [7, 11) is 0. The van der Waals surface area contributed by atoms with Crippen molar-refractivity contribution < 1.29 is 14.3 Å². The largest absolute Gasteiger partial charge is 0.489 e. The molecule has 3 aliphatic rings. The SMILES string of the molecule is Cc1c(C(=O)NC2C(C)(C)CCCC2(C)C)c2cccc3c2n1[C@H](CN1CCOCC1)CO3. The molecule has 1 atom stereocenters. The second-order valence-corrected chi connectivity index (χ2v) is 11.6. The fourth-order valence-electron chi connectivity index (χ4n) is 6.73. The molecule has 2 aliphatic heterocycles. The molecule has 1 amide bonds. The van der Waals surface area contributed by atoms with E-state index in [9.17, 15) is 4.79 Å². The van der Waals surface area contributed by atoms with Gasteiger partial charge in [0.1, 0.15) is 12.4 Å². The van der Waals surface area contributed by atoms with E-state index in [1.54, 1.807) is 0 Å². The fraction of sp³-hybridized carbons (Fsp3) is 0.667. The van der Waals surface area contributed by atoms with Gasteiger partial charge in [0.15, 0.2) is 0 Å². The predicted molar refractivity (Wildman–Crippen MR) is 131 cm³/mol. The maximum Gasteiger partial charge on any atom is 0.253 e. The zero-order valence-electron chi connectivity index (χ0n) is 20.9. The summed E-state index contributed by atoms with van der Waals surface area (Å²) < 4.78 is 14.1. The average molecular weight is 454 g/mol. The number of rotatable bonds is 4. The number of nitrogens with zero attached hydrogens (tertiary/aromatic N) is 2. The quantitative estimate of drug-likeness (QED) is 0.738. The van der Waals surface area contributed by atoms with Crippen molar-refractivity contribution in [2.75, 3.05) is 39.5 Å². The fourth-order valence-corrected chi connectivity index (χ4v) is 6.73. The lowest BCUT2D eigenvalue weighted by Crippen LogP contribution is -2.55. The number of hydrogen-bond donors (Lipinski definition) is 1. The zero-order valence-corrected chi connectivity index (χ0v) is 20.9. The molecule has 1 saturated carbocycles. The summed E-state index contributed by atoms with van der Waals surface area (Å²) in [6.07, 6.45) is 3.50. The molecule has 1 aromatic carbocycles. The van der Waals surface area contributed by atoms with Gasteiger partial charge in [-0.05, 0) is 36.7 Å². The highest BCUT2D eigenvalue weighted by atomic mass is 16.5. The number of ether oxygens (including phenoxy) is 2. The van der Waals surface area contributed by atoms with Gasteiger partial charge in [0, 0.05) is 36.8 Å². The smallest absolute Gasteiger partial charge is 0.253 e. The molecule has 3 heterocycles. The highest BCUT2D eigenvalue weighted by Crippen LogP contribution is 2.46. The van der Waals surface area contributed by atoms with Crippen LogP contribution in [0, 0.1) is 17.8 Å². The zero-order chi connectivity index (χ0) is 23.4. The van der Waals surface area contributed by atoms with E-state index in [1.165, 1.54) is 6.42 Å². The van der Waals surface area contributed by atoms with Crippen molar-refractivity contribution in [3.05, 3.63) is 29.5 Å². The van der Waals surface area contributed by atoms with Crippen LogP contribution in [0.15, 0.2) is 18.2 Å². The second-order valence-electron chi connectivity index (χ2n) is 11.6. The maximum absolute atomic E-state index is 13.9. The second kappa shape index (κ2) is 8.31. The van der Waals surface area contributed by atoms with Crippen molar-refractivity contribution in [2.45, 2.75) is 66.0 Å². The number of benzene rings is 1. The Kier molecular flexibility index (Phi) is 5.73. The predicted octanol–water partition coefficient (Wildman–Crippen LogP) is 4.55. The van der Waals surface area contributed by atoms with Crippen molar-refractivity contribution in [3.63, 3.8) is 0 Å². The van der Waals surface area contributed by atoms with Crippen LogP contribution in [0.25, 0.3) is 10.9 Å². The van der Waals surface area contributed by atoms with Gasteiger partial charge >= 0.3 is 0 Å². The molecule has 1 N–H and O–H groups in total. The minimum absolute atomic E-state index is 0.0495. The van der Waals surface area contributed by atoms with Crippen LogP contribution in [0.1, 0.15) is 69.1 Å². The number of nitrogens with one attached hydrogen (secondary N) is 1. The van der Waals surface area contributed by atoms with Gasteiger partial charge < -0.3 is 19.4 Å². The summed E-state index contributed by atoms with van der Waals surface area (Å²) in [6, 6.07) is 6.43. The van der Waals surface area contributed by atoms with E-state index < -0.39 is 0 Å². The molecule has 1 aromatic heterocycles. The number of carbonyl (C=O) groups excluding carboxylic acids is 1. The van der Waals surface area contributed by atoms with Crippen LogP contribution in [0.4, 0.5) is 0 Å². The van der Waals surface area contributed by atoms with Gasteiger partial charge in [-0.1, -0.05) is 46.2 Å². The van der Waals surface area contributed by atoms with Gasteiger partial charge in [0.05, 0.1) is 30.3 Å². The number of aromatic nitrogens is 1. The third kappa shape index (κ3) is 3.95. The average Bonchev–Trinajstić information content (AvgIpc) is 3.07. The molecule has 6 nitrogen and oxygen atoms in total. The van der Waals surface area contributed by atoms with Gasteiger partial charge in [-0.2, -0.15) is 0 Å². The Labute approximate surface area is 197 Å². The van der Waals surface area contributed by atoms with Crippen LogP contribution < -0.4 is 10.1 Å². The molecule has 0 unspecified atom stereocenters. The van der Waals surface area contributed by atoms with Crippen LogP contribution in [0.5, 0.6) is 5.75 Å². The third-order valence-corrected chi connectivity index (χ3v) is 8.31. The molecule has 33 heavy (non-hydrogen) atoms. The molecule has 0 radical (unpaired) electrons. The highest BCUT2D eigenvalue weighted by molar-refractivity contribution is 6.10. The number of para-hydroxylation sites is 1. The highest BCUT2D eigenvalue weighted by Gasteiger charge is 2.45. The minimum Gasteiger partial charge on any atom is -0.489 e. The lowest BCUT2D eigenvalue weighted by molar-refractivity contribution is 0.0272. The number of morpholine rings is 1. The number of carbonyl (C=O) groups is 1. The summed E-state index contributed by atoms with van der Waals surface area (Å²) in [6.45, 7) is 16.3. The molecule has 6 heteroatoms. The maximum atomic E-state index is 13.9. The Morgan fingerprint density at radius 2 is 1.82 bits per heavy atom. The van der Waals surface area contributed by atoms with Gasteiger partial charge in [-0.25, -0.2) is 0 Å². The van der Waals surface area contributed by atoms with Crippen molar-refractivity contribution in [2.24, 2.45) is 10.8 Å². The van der Waals surface area contributed by atoms with Gasteiger partial charge in [-0.3, -0.25) is 9.69 Å². The minimum atomic E-state index is 0.0495. The normalized spacial score (nSPS) is 25.1.